The van der Waals surface area contributed by atoms with Crippen molar-refractivity contribution in [2.45, 2.75) is 19.8 Å². The van der Waals surface area contributed by atoms with Crippen LogP contribution in [0.3, 0.4) is 0 Å². The van der Waals surface area contributed by atoms with Crippen LogP contribution in [0.4, 0.5) is 0 Å². The lowest BCUT2D eigenvalue weighted by atomic mass is 10.3. The van der Waals surface area contributed by atoms with Crippen molar-refractivity contribution in [2.75, 3.05) is 100 Å². The standard InChI is InChI=1S/C19H41N3O5/c1-5-21(3)10-12-25-14-16-27-18-17-26-15-13-24-11-7-19(23)22(4)9-6-8-20-2/h20H,5-18H2,1-4H3. The Kier molecular flexibility index (Phi) is 19.4. The number of hydrogen-bond donors (Lipinski definition) is 1. The molecule has 0 rings (SSSR count). The van der Waals surface area contributed by atoms with Crippen LogP contribution in [-0.4, -0.2) is 116 Å². The Bertz CT molecular complexity index is 334. The number of ether oxygens (including phenoxy) is 4. The molecule has 162 valence electrons. The molecule has 0 aromatic rings. The van der Waals surface area contributed by atoms with Gasteiger partial charge in [-0.2, -0.15) is 0 Å². The first-order chi connectivity index (χ1) is 13.1. The van der Waals surface area contributed by atoms with Gasteiger partial charge in [-0.05, 0) is 33.6 Å². The average Bonchev–Trinajstić information content (AvgIpc) is 2.67. The summed E-state index contributed by atoms with van der Waals surface area (Å²) in [5.74, 6) is 0.115. The van der Waals surface area contributed by atoms with Crippen LogP contribution in [0.25, 0.3) is 0 Å². The van der Waals surface area contributed by atoms with Gasteiger partial charge in [0.2, 0.25) is 5.91 Å². The van der Waals surface area contributed by atoms with Gasteiger partial charge in [-0.25, -0.2) is 0 Å². The zero-order valence-electron chi connectivity index (χ0n) is 17.8. The van der Waals surface area contributed by atoms with E-state index in [-0.39, 0.29) is 5.91 Å². The number of carbonyl (C=O) groups excluding carboxylic acids is 1. The molecule has 0 spiro atoms. The fourth-order valence-electron chi connectivity index (χ4n) is 2.11. The largest absolute Gasteiger partial charge is 0.379 e. The van der Waals surface area contributed by atoms with Crippen LogP contribution in [0.15, 0.2) is 0 Å². The van der Waals surface area contributed by atoms with Gasteiger partial charge in [0.25, 0.3) is 0 Å². The Morgan fingerprint density at radius 3 is 1.85 bits per heavy atom. The molecule has 0 bridgehead atoms. The molecular formula is C19H41N3O5. The molecule has 0 aromatic heterocycles. The van der Waals surface area contributed by atoms with Gasteiger partial charge in [-0.1, -0.05) is 6.92 Å². The molecule has 1 amide bonds. The van der Waals surface area contributed by atoms with Gasteiger partial charge in [0, 0.05) is 20.1 Å². The van der Waals surface area contributed by atoms with Gasteiger partial charge in [0.05, 0.1) is 59.3 Å². The van der Waals surface area contributed by atoms with Gasteiger partial charge in [-0.15, -0.1) is 0 Å². The maximum atomic E-state index is 11.9. The van der Waals surface area contributed by atoms with Crippen LogP contribution < -0.4 is 5.32 Å². The fraction of sp³-hybridized carbons (Fsp3) is 0.947. The molecule has 27 heavy (non-hydrogen) atoms. The van der Waals surface area contributed by atoms with E-state index >= 15 is 0 Å². The first-order valence-corrected chi connectivity index (χ1v) is 9.99. The molecule has 0 unspecified atom stereocenters. The molecule has 0 aromatic carbocycles. The summed E-state index contributed by atoms with van der Waals surface area (Å²) in [6, 6.07) is 0. The summed E-state index contributed by atoms with van der Waals surface area (Å²) in [5.41, 5.74) is 0. The Hall–Kier alpha value is -0.770. The van der Waals surface area contributed by atoms with Crippen molar-refractivity contribution in [3.8, 4) is 0 Å². The molecule has 0 aliphatic rings. The minimum atomic E-state index is 0.115. The van der Waals surface area contributed by atoms with E-state index in [4.69, 9.17) is 18.9 Å². The maximum Gasteiger partial charge on any atom is 0.224 e. The molecule has 0 saturated heterocycles. The van der Waals surface area contributed by atoms with E-state index in [9.17, 15) is 4.79 Å². The third kappa shape index (κ3) is 18.4. The zero-order chi connectivity index (χ0) is 20.2. The van der Waals surface area contributed by atoms with E-state index in [0.29, 0.717) is 52.7 Å². The van der Waals surface area contributed by atoms with E-state index < -0.39 is 0 Å². The second-order valence-corrected chi connectivity index (χ2v) is 6.37. The van der Waals surface area contributed by atoms with Crippen molar-refractivity contribution >= 4 is 5.91 Å². The monoisotopic (exact) mass is 391 g/mol. The number of likely N-dealkylation sites (N-methyl/N-ethyl adjacent to an activating group) is 1. The number of carbonyl (C=O) groups is 1. The summed E-state index contributed by atoms with van der Waals surface area (Å²) in [6.45, 7) is 10.2. The maximum absolute atomic E-state index is 11.9. The summed E-state index contributed by atoms with van der Waals surface area (Å²) in [5, 5.41) is 3.07. The molecule has 1 N–H and O–H groups in total. The molecule has 8 heteroatoms. The minimum absolute atomic E-state index is 0.115. The second-order valence-electron chi connectivity index (χ2n) is 6.37. The summed E-state index contributed by atoms with van der Waals surface area (Å²) < 4.78 is 21.8. The van der Waals surface area contributed by atoms with Gasteiger partial charge in [0.15, 0.2) is 0 Å². The van der Waals surface area contributed by atoms with Crippen molar-refractivity contribution in [2.24, 2.45) is 0 Å². The second kappa shape index (κ2) is 20.0. The highest BCUT2D eigenvalue weighted by molar-refractivity contribution is 5.75. The van der Waals surface area contributed by atoms with Crippen molar-refractivity contribution in [1.82, 2.24) is 15.1 Å². The van der Waals surface area contributed by atoms with E-state index in [1.807, 2.05) is 14.1 Å². The number of rotatable bonds is 20. The fourth-order valence-corrected chi connectivity index (χ4v) is 2.11. The number of nitrogens with zero attached hydrogens (tertiary/aromatic N) is 2. The van der Waals surface area contributed by atoms with Crippen molar-refractivity contribution in [3.05, 3.63) is 0 Å². The van der Waals surface area contributed by atoms with Gasteiger partial charge in [0.1, 0.15) is 0 Å². The van der Waals surface area contributed by atoms with Crippen LogP contribution in [-0.2, 0) is 23.7 Å². The first-order valence-electron chi connectivity index (χ1n) is 9.99. The van der Waals surface area contributed by atoms with Gasteiger partial charge >= 0.3 is 0 Å². The molecule has 0 aliphatic carbocycles. The normalized spacial score (nSPS) is 11.3. The summed E-state index contributed by atoms with van der Waals surface area (Å²) in [7, 11) is 5.81. The highest BCUT2D eigenvalue weighted by Crippen LogP contribution is 1.94. The summed E-state index contributed by atoms with van der Waals surface area (Å²) in [6.07, 6.45) is 1.37. The van der Waals surface area contributed by atoms with Gasteiger partial charge in [-0.3, -0.25) is 4.79 Å². The minimum Gasteiger partial charge on any atom is -0.379 e. The summed E-state index contributed by atoms with van der Waals surface area (Å²) >= 11 is 0. The molecule has 0 aliphatic heterocycles. The molecule has 0 radical (unpaired) electrons. The van der Waals surface area contributed by atoms with E-state index in [2.05, 4.69) is 24.2 Å². The van der Waals surface area contributed by atoms with Crippen molar-refractivity contribution < 1.29 is 23.7 Å². The highest BCUT2D eigenvalue weighted by Gasteiger charge is 2.07. The highest BCUT2D eigenvalue weighted by atomic mass is 16.6. The predicted octanol–water partition coefficient (Wildman–Crippen LogP) is 0.463. The van der Waals surface area contributed by atoms with Crippen LogP contribution in [0.2, 0.25) is 0 Å². The van der Waals surface area contributed by atoms with E-state index in [0.717, 1.165) is 39.2 Å². The van der Waals surface area contributed by atoms with Crippen LogP contribution in [0, 0.1) is 0 Å². The third-order valence-electron chi connectivity index (χ3n) is 4.08. The first kappa shape index (κ1) is 26.2. The predicted molar refractivity (Wildman–Crippen MR) is 107 cm³/mol. The molecule has 0 saturated carbocycles. The topological polar surface area (TPSA) is 72.5 Å². The lowest BCUT2D eigenvalue weighted by Crippen LogP contribution is -2.30. The van der Waals surface area contributed by atoms with Crippen LogP contribution in [0.1, 0.15) is 19.8 Å². The van der Waals surface area contributed by atoms with Crippen molar-refractivity contribution in [3.63, 3.8) is 0 Å². The van der Waals surface area contributed by atoms with E-state index in [1.54, 1.807) is 4.90 Å². The number of nitrogens with one attached hydrogen (secondary N) is 1. The Balaban J connectivity index is 3.23. The SMILES string of the molecule is CCN(C)CCOCCOCCOCCOCCC(=O)N(C)CCCNC. The Labute approximate surface area is 165 Å². The smallest absolute Gasteiger partial charge is 0.224 e. The molecular weight excluding hydrogens is 350 g/mol. The van der Waals surface area contributed by atoms with Gasteiger partial charge < -0.3 is 34.1 Å². The Morgan fingerprint density at radius 2 is 1.33 bits per heavy atom. The third-order valence-corrected chi connectivity index (χ3v) is 4.08. The van der Waals surface area contributed by atoms with E-state index in [1.165, 1.54) is 0 Å². The molecule has 0 atom stereocenters. The zero-order valence-corrected chi connectivity index (χ0v) is 17.8. The summed E-state index contributed by atoms with van der Waals surface area (Å²) in [4.78, 5) is 15.8. The molecule has 0 heterocycles. The molecule has 8 nitrogen and oxygen atoms in total. The number of amides is 1. The lowest BCUT2D eigenvalue weighted by molar-refractivity contribution is -0.131. The number of hydrogen-bond acceptors (Lipinski definition) is 7. The average molecular weight is 392 g/mol. The van der Waals surface area contributed by atoms with Crippen molar-refractivity contribution in [1.29, 1.82) is 0 Å². The van der Waals surface area contributed by atoms with Crippen LogP contribution in [0.5, 0.6) is 0 Å². The quantitative estimate of drug-likeness (QED) is 0.302. The van der Waals surface area contributed by atoms with Crippen LogP contribution >= 0.6 is 0 Å². The Morgan fingerprint density at radius 1 is 0.815 bits per heavy atom. The lowest BCUT2D eigenvalue weighted by Gasteiger charge is -2.17. The molecule has 0 fully saturated rings.